The van der Waals surface area contributed by atoms with Crippen LogP contribution in [0.3, 0.4) is 0 Å². The van der Waals surface area contributed by atoms with E-state index in [9.17, 15) is 0 Å². The zero-order chi connectivity index (χ0) is 16.6. The van der Waals surface area contributed by atoms with Crippen LogP contribution in [0.25, 0.3) is 11.0 Å². The van der Waals surface area contributed by atoms with E-state index in [4.69, 9.17) is 9.97 Å². The van der Waals surface area contributed by atoms with Gasteiger partial charge in [-0.1, -0.05) is 27.7 Å². The predicted octanol–water partition coefficient (Wildman–Crippen LogP) is 2.56. The van der Waals surface area contributed by atoms with E-state index in [-0.39, 0.29) is 5.41 Å². The second-order valence-corrected chi connectivity index (χ2v) is 7.46. The Balaban J connectivity index is 1.90. The Bertz CT molecular complexity index is 684. The first-order chi connectivity index (χ1) is 10.9. The van der Waals surface area contributed by atoms with Gasteiger partial charge in [-0.05, 0) is 25.9 Å². The summed E-state index contributed by atoms with van der Waals surface area (Å²) < 4.78 is 1.82. The van der Waals surface area contributed by atoms with E-state index in [2.05, 4.69) is 43.0 Å². The summed E-state index contributed by atoms with van der Waals surface area (Å²) >= 11 is 0. The molecule has 0 spiro atoms. The molecule has 126 valence electrons. The maximum absolute atomic E-state index is 4.80. The average molecular weight is 316 g/mol. The third kappa shape index (κ3) is 3.17. The van der Waals surface area contributed by atoms with Crippen molar-refractivity contribution in [1.29, 1.82) is 0 Å². The maximum Gasteiger partial charge on any atom is 0.163 e. The molecule has 1 N–H and O–H groups in total. The van der Waals surface area contributed by atoms with Crippen molar-refractivity contribution in [2.75, 3.05) is 25.0 Å². The first kappa shape index (κ1) is 16.2. The maximum atomic E-state index is 4.80. The Kier molecular flexibility index (Phi) is 4.27. The van der Waals surface area contributed by atoms with Crippen LogP contribution in [0, 0.1) is 0 Å². The molecule has 0 radical (unpaired) electrons. The van der Waals surface area contributed by atoms with E-state index < -0.39 is 0 Å². The Morgan fingerprint density at radius 3 is 2.78 bits per heavy atom. The summed E-state index contributed by atoms with van der Waals surface area (Å²) in [6, 6.07) is 0.597. The van der Waals surface area contributed by atoms with Crippen LogP contribution in [0.2, 0.25) is 0 Å². The normalized spacial score (nSPS) is 19.6. The van der Waals surface area contributed by atoms with E-state index in [1.807, 2.05) is 17.9 Å². The molecule has 1 unspecified atom stereocenters. The minimum Gasteiger partial charge on any atom is -0.368 e. The summed E-state index contributed by atoms with van der Waals surface area (Å²) in [7, 11) is 1.93. The highest BCUT2D eigenvalue weighted by molar-refractivity contribution is 5.86. The fraction of sp³-hybridized carbons (Fsp3) is 0.706. The van der Waals surface area contributed by atoms with Gasteiger partial charge in [0.15, 0.2) is 5.65 Å². The highest BCUT2D eigenvalue weighted by atomic mass is 15.3. The van der Waals surface area contributed by atoms with E-state index in [1.54, 1.807) is 0 Å². The van der Waals surface area contributed by atoms with Gasteiger partial charge in [0.2, 0.25) is 0 Å². The molecule has 2 aromatic heterocycles. The van der Waals surface area contributed by atoms with Gasteiger partial charge >= 0.3 is 0 Å². The lowest BCUT2D eigenvalue weighted by molar-refractivity contribution is 0.277. The third-order valence-electron chi connectivity index (χ3n) is 4.67. The summed E-state index contributed by atoms with van der Waals surface area (Å²) in [6.07, 6.45) is 4.41. The van der Waals surface area contributed by atoms with Gasteiger partial charge in [-0.15, -0.1) is 0 Å². The van der Waals surface area contributed by atoms with Crippen molar-refractivity contribution in [1.82, 2.24) is 24.6 Å². The third-order valence-corrected chi connectivity index (χ3v) is 4.67. The lowest BCUT2D eigenvalue weighted by Crippen LogP contribution is -2.35. The largest absolute Gasteiger partial charge is 0.368 e. The highest BCUT2D eigenvalue weighted by Crippen LogP contribution is 2.26. The number of anilines is 1. The quantitative estimate of drug-likeness (QED) is 0.939. The van der Waals surface area contributed by atoms with Gasteiger partial charge in [0.1, 0.15) is 11.6 Å². The SMILES string of the molecule is CCN1CCCC1CNc1nc(C(C)(C)C)nc2c1cnn2C. The second kappa shape index (κ2) is 6.07. The fourth-order valence-corrected chi connectivity index (χ4v) is 3.25. The topological polar surface area (TPSA) is 58.9 Å². The molecule has 6 nitrogen and oxygen atoms in total. The van der Waals surface area contributed by atoms with Crippen LogP contribution < -0.4 is 5.32 Å². The van der Waals surface area contributed by atoms with Crippen LogP contribution in [-0.2, 0) is 12.5 Å². The van der Waals surface area contributed by atoms with Crippen molar-refractivity contribution in [2.24, 2.45) is 7.05 Å². The van der Waals surface area contributed by atoms with Crippen LogP contribution in [0.4, 0.5) is 5.82 Å². The van der Waals surface area contributed by atoms with Crippen LogP contribution in [0.15, 0.2) is 6.20 Å². The van der Waals surface area contributed by atoms with Crippen LogP contribution in [0.1, 0.15) is 46.4 Å². The lowest BCUT2D eigenvalue weighted by Gasteiger charge is -2.24. The number of hydrogen-bond donors (Lipinski definition) is 1. The summed E-state index contributed by atoms with van der Waals surface area (Å²) in [6.45, 7) is 11.9. The fourth-order valence-electron chi connectivity index (χ4n) is 3.25. The van der Waals surface area contributed by atoms with E-state index in [0.29, 0.717) is 6.04 Å². The van der Waals surface area contributed by atoms with Gasteiger partial charge in [0.25, 0.3) is 0 Å². The predicted molar refractivity (Wildman–Crippen MR) is 93.8 cm³/mol. The molecule has 1 aliphatic rings. The molecule has 23 heavy (non-hydrogen) atoms. The molecule has 2 aromatic rings. The van der Waals surface area contributed by atoms with Gasteiger partial charge < -0.3 is 5.32 Å². The Labute approximate surface area is 138 Å². The molecule has 3 heterocycles. The zero-order valence-electron chi connectivity index (χ0n) is 14.9. The average Bonchev–Trinajstić information content (AvgIpc) is 3.10. The van der Waals surface area contributed by atoms with Crippen LogP contribution >= 0.6 is 0 Å². The Hall–Kier alpha value is -1.69. The molecular weight excluding hydrogens is 288 g/mol. The summed E-state index contributed by atoms with van der Waals surface area (Å²) in [5.41, 5.74) is 0.809. The van der Waals surface area contributed by atoms with E-state index in [0.717, 1.165) is 35.8 Å². The van der Waals surface area contributed by atoms with Crippen molar-refractivity contribution in [3.05, 3.63) is 12.0 Å². The molecule has 0 aromatic carbocycles. The molecule has 0 aliphatic carbocycles. The van der Waals surface area contributed by atoms with Crippen molar-refractivity contribution in [3.8, 4) is 0 Å². The molecular formula is C17H28N6. The molecule has 0 bridgehead atoms. The number of aryl methyl sites for hydroxylation is 1. The molecule has 0 saturated carbocycles. The van der Waals surface area contributed by atoms with E-state index >= 15 is 0 Å². The van der Waals surface area contributed by atoms with Gasteiger partial charge in [0.05, 0.1) is 11.6 Å². The number of hydrogen-bond acceptors (Lipinski definition) is 5. The minimum atomic E-state index is -0.0856. The van der Waals surface area contributed by atoms with Crippen molar-refractivity contribution < 1.29 is 0 Å². The lowest BCUT2D eigenvalue weighted by atomic mass is 9.95. The number of likely N-dealkylation sites (tertiary alicyclic amines) is 1. The summed E-state index contributed by atoms with van der Waals surface area (Å²) in [5, 5.41) is 8.93. The van der Waals surface area contributed by atoms with Gasteiger partial charge in [-0.25, -0.2) is 9.97 Å². The minimum absolute atomic E-state index is 0.0856. The van der Waals surface area contributed by atoms with Gasteiger partial charge in [0, 0.05) is 25.0 Å². The van der Waals surface area contributed by atoms with Gasteiger partial charge in [-0.3, -0.25) is 9.58 Å². The van der Waals surface area contributed by atoms with Gasteiger partial charge in [-0.2, -0.15) is 5.10 Å². The standard InChI is InChI=1S/C17H28N6/c1-6-23-9-7-8-12(23)10-18-14-13-11-19-22(5)15(13)21-16(20-14)17(2,3)4/h11-12H,6-10H2,1-5H3,(H,18,20,21). The summed E-state index contributed by atoms with van der Waals surface area (Å²) in [4.78, 5) is 12.1. The Morgan fingerprint density at radius 2 is 2.09 bits per heavy atom. The number of nitrogens with zero attached hydrogens (tertiary/aromatic N) is 5. The van der Waals surface area contributed by atoms with Crippen molar-refractivity contribution in [3.63, 3.8) is 0 Å². The molecule has 1 aliphatic heterocycles. The van der Waals surface area contributed by atoms with Crippen LogP contribution in [-0.4, -0.2) is 50.3 Å². The molecule has 1 saturated heterocycles. The van der Waals surface area contributed by atoms with E-state index in [1.165, 1.54) is 19.4 Å². The van der Waals surface area contributed by atoms with Crippen molar-refractivity contribution >= 4 is 16.9 Å². The first-order valence-electron chi connectivity index (χ1n) is 8.58. The monoisotopic (exact) mass is 316 g/mol. The smallest absolute Gasteiger partial charge is 0.163 e. The van der Waals surface area contributed by atoms with Crippen molar-refractivity contribution in [2.45, 2.75) is 52.0 Å². The summed E-state index contributed by atoms with van der Waals surface area (Å²) in [5.74, 6) is 1.77. The molecule has 6 heteroatoms. The highest BCUT2D eigenvalue weighted by Gasteiger charge is 2.24. The zero-order valence-corrected chi connectivity index (χ0v) is 14.9. The number of aromatic nitrogens is 4. The molecule has 3 rings (SSSR count). The Morgan fingerprint density at radius 1 is 1.30 bits per heavy atom. The molecule has 1 atom stereocenters. The van der Waals surface area contributed by atoms with Crippen LogP contribution in [0.5, 0.6) is 0 Å². The second-order valence-electron chi connectivity index (χ2n) is 7.46. The number of nitrogens with one attached hydrogen (secondary N) is 1. The number of fused-ring (bicyclic) bond motifs is 1. The molecule has 0 amide bonds. The first-order valence-corrected chi connectivity index (χ1v) is 8.58. The molecule has 1 fully saturated rings. The number of likely N-dealkylation sites (N-methyl/N-ethyl adjacent to an activating group) is 1. The number of rotatable bonds is 4.